The highest BCUT2D eigenvalue weighted by molar-refractivity contribution is 4.86. The molecule has 0 radical (unpaired) electrons. The fraction of sp³-hybridized carbons (Fsp3) is 0.900. The molecule has 0 aromatic rings. The predicted molar refractivity (Wildman–Crippen MR) is 46.0 cm³/mol. The van der Waals surface area contributed by atoms with Crippen LogP contribution in [0, 0.1) is 16.7 Å². The minimum absolute atomic E-state index is 0.352. The Labute approximate surface area is 69.4 Å². The normalized spacial score (nSPS) is 23.6. The first-order valence-electron chi connectivity index (χ1n) is 4.64. The van der Waals surface area contributed by atoms with E-state index < -0.39 is 0 Å². The smallest absolute Gasteiger partial charge is 0.0627 e. The van der Waals surface area contributed by atoms with Gasteiger partial charge in [0.05, 0.1) is 6.07 Å². The summed E-state index contributed by atoms with van der Waals surface area (Å²) < 4.78 is 0. The quantitative estimate of drug-likeness (QED) is 0.528. The van der Waals surface area contributed by atoms with Gasteiger partial charge in [0, 0.05) is 6.42 Å². The molecule has 1 rings (SSSR count). The second kappa shape index (κ2) is 3.76. The van der Waals surface area contributed by atoms with E-state index in [1.807, 2.05) is 0 Å². The highest BCUT2D eigenvalue weighted by Gasteiger charge is 2.24. The molecule has 62 valence electrons. The molecule has 0 N–H and O–H groups in total. The van der Waals surface area contributed by atoms with Gasteiger partial charge in [-0.2, -0.15) is 5.26 Å². The zero-order valence-electron chi connectivity index (χ0n) is 7.40. The first-order valence-corrected chi connectivity index (χ1v) is 4.64. The summed E-state index contributed by atoms with van der Waals surface area (Å²) in [5.41, 5.74) is 0.352. The molecule has 0 aromatic heterocycles. The molecule has 0 amide bonds. The zero-order chi connectivity index (χ0) is 8.16. The largest absolute Gasteiger partial charge is 0.198 e. The molecule has 1 nitrogen and oxygen atoms in total. The number of nitrogens with zero attached hydrogens (tertiary/aromatic N) is 1. The standard InChI is InChI=1S/C10H17N/c1-10(8-9-11)6-4-2-3-5-7-10/h2-8H2,1H3. The van der Waals surface area contributed by atoms with Crippen LogP contribution in [0.3, 0.4) is 0 Å². The van der Waals surface area contributed by atoms with Crippen LogP contribution in [0.1, 0.15) is 51.9 Å². The van der Waals surface area contributed by atoms with Crippen molar-refractivity contribution in [3.05, 3.63) is 0 Å². The molecule has 0 spiro atoms. The second-order valence-electron chi connectivity index (χ2n) is 4.06. The molecule has 1 heteroatoms. The maximum absolute atomic E-state index is 8.63. The van der Waals surface area contributed by atoms with Gasteiger partial charge in [-0.3, -0.25) is 0 Å². The fourth-order valence-corrected chi connectivity index (χ4v) is 1.95. The van der Waals surface area contributed by atoms with E-state index in [0.717, 1.165) is 6.42 Å². The first kappa shape index (κ1) is 8.59. The van der Waals surface area contributed by atoms with Gasteiger partial charge in [0.2, 0.25) is 0 Å². The Morgan fingerprint density at radius 3 is 2.18 bits per heavy atom. The molecule has 0 heterocycles. The van der Waals surface area contributed by atoms with E-state index in [0.29, 0.717) is 5.41 Å². The molecular formula is C10H17N. The Balaban J connectivity index is 2.46. The molecule has 0 aromatic carbocycles. The van der Waals surface area contributed by atoms with Crippen LogP contribution in [-0.4, -0.2) is 0 Å². The van der Waals surface area contributed by atoms with Gasteiger partial charge >= 0.3 is 0 Å². The minimum atomic E-state index is 0.352. The Kier molecular flexibility index (Phi) is 2.93. The summed E-state index contributed by atoms with van der Waals surface area (Å²) in [6.45, 7) is 2.27. The van der Waals surface area contributed by atoms with Gasteiger partial charge in [-0.05, 0) is 18.3 Å². The van der Waals surface area contributed by atoms with Crippen LogP contribution in [0.15, 0.2) is 0 Å². The van der Waals surface area contributed by atoms with Gasteiger partial charge in [0.1, 0.15) is 0 Å². The third kappa shape index (κ3) is 2.54. The van der Waals surface area contributed by atoms with Crippen molar-refractivity contribution in [2.45, 2.75) is 51.9 Å². The first-order chi connectivity index (χ1) is 5.27. The predicted octanol–water partition coefficient (Wildman–Crippen LogP) is 3.26. The Hall–Kier alpha value is -0.510. The highest BCUT2D eigenvalue weighted by atomic mass is 14.3. The van der Waals surface area contributed by atoms with Gasteiger partial charge in [0.25, 0.3) is 0 Å². The Morgan fingerprint density at radius 1 is 1.18 bits per heavy atom. The monoisotopic (exact) mass is 151 g/mol. The summed E-state index contributed by atoms with van der Waals surface area (Å²) in [6, 6.07) is 2.31. The van der Waals surface area contributed by atoms with Gasteiger partial charge in [-0.1, -0.05) is 32.6 Å². The van der Waals surface area contributed by atoms with Gasteiger partial charge < -0.3 is 0 Å². The second-order valence-corrected chi connectivity index (χ2v) is 4.06. The molecule has 1 aliphatic rings. The van der Waals surface area contributed by atoms with Crippen LogP contribution < -0.4 is 0 Å². The maximum Gasteiger partial charge on any atom is 0.0627 e. The van der Waals surface area contributed by atoms with Crippen molar-refractivity contribution in [3.63, 3.8) is 0 Å². The summed E-state index contributed by atoms with van der Waals surface area (Å²) in [4.78, 5) is 0. The topological polar surface area (TPSA) is 23.8 Å². The lowest BCUT2D eigenvalue weighted by Crippen LogP contribution is -2.13. The van der Waals surface area contributed by atoms with Gasteiger partial charge in [-0.15, -0.1) is 0 Å². The van der Waals surface area contributed by atoms with Crippen LogP contribution in [0.4, 0.5) is 0 Å². The zero-order valence-corrected chi connectivity index (χ0v) is 7.40. The van der Waals surface area contributed by atoms with Crippen molar-refractivity contribution in [1.29, 1.82) is 5.26 Å². The molecule has 0 atom stereocenters. The number of hydrogen-bond acceptors (Lipinski definition) is 1. The van der Waals surface area contributed by atoms with E-state index in [2.05, 4.69) is 13.0 Å². The summed E-state index contributed by atoms with van der Waals surface area (Å²) >= 11 is 0. The van der Waals surface area contributed by atoms with E-state index in [1.54, 1.807) is 0 Å². The van der Waals surface area contributed by atoms with Crippen LogP contribution in [0.2, 0.25) is 0 Å². The maximum atomic E-state index is 8.63. The molecule has 0 saturated heterocycles. The van der Waals surface area contributed by atoms with E-state index in [4.69, 9.17) is 5.26 Å². The number of nitriles is 1. The molecule has 11 heavy (non-hydrogen) atoms. The molecule has 0 aliphatic heterocycles. The van der Waals surface area contributed by atoms with E-state index in [9.17, 15) is 0 Å². The average molecular weight is 151 g/mol. The highest BCUT2D eigenvalue weighted by Crippen LogP contribution is 2.36. The van der Waals surface area contributed by atoms with Crippen molar-refractivity contribution in [1.82, 2.24) is 0 Å². The van der Waals surface area contributed by atoms with Crippen molar-refractivity contribution in [2.24, 2.45) is 5.41 Å². The van der Waals surface area contributed by atoms with Crippen LogP contribution in [-0.2, 0) is 0 Å². The lowest BCUT2D eigenvalue weighted by atomic mass is 9.80. The summed E-state index contributed by atoms with van der Waals surface area (Å²) in [5.74, 6) is 0. The van der Waals surface area contributed by atoms with Gasteiger partial charge in [0.15, 0.2) is 0 Å². The summed E-state index contributed by atoms with van der Waals surface area (Å²) in [7, 11) is 0. The van der Waals surface area contributed by atoms with E-state index in [-0.39, 0.29) is 0 Å². The van der Waals surface area contributed by atoms with Crippen LogP contribution in [0.5, 0.6) is 0 Å². The van der Waals surface area contributed by atoms with Gasteiger partial charge in [-0.25, -0.2) is 0 Å². The average Bonchev–Trinajstić information content (AvgIpc) is 2.15. The molecular weight excluding hydrogens is 134 g/mol. The molecule has 1 aliphatic carbocycles. The van der Waals surface area contributed by atoms with Crippen LogP contribution in [0.25, 0.3) is 0 Å². The summed E-state index contributed by atoms with van der Waals surface area (Å²) in [5, 5.41) is 8.63. The third-order valence-electron chi connectivity index (χ3n) is 2.82. The third-order valence-corrected chi connectivity index (χ3v) is 2.82. The van der Waals surface area contributed by atoms with Crippen LogP contribution >= 0.6 is 0 Å². The Morgan fingerprint density at radius 2 is 1.73 bits per heavy atom. The summed E-state index contributed by atoms with van der Waals surface area (Å²) in [6.07, 6.45) is 8.70. The molecule has 0 unspecified atom stereocenters. The molecule has 1 fully saturated rings. The van der Waals surface area contributed by atoms with Crippen molar-refractivity contribution in [2.75, 3.05) is 0 Å². The minimum Gasteiger partial charge on any atom is -0.198 e. The van der Waals surface area contributed by atoms with Crippen molar-refractivity contribution in [3.8, 4) is 6.07 Å². The number of hydrogen-bond donors (Lipinski definition) is 0. The number of rotatable bonds is 1. The van der Waals surface area contributed by atoms with E-state index >= 15 is 0 Å². The lowest BCUT2D eigenvalue weighted by molar-refractivity contribution is 0.285. The van der Waals surface area contributed by atoms with Crippen molar-refractivity contribution >= 4 is 0 Å². The Bertz CT molecular complexity index is 147. The molecule has 0 bridgehead atoms. The van der Waals surface area contributed by atoms with Crippen molar-refractivity contribution < 1.29 is 0 Å². The molecule has 1 saturated carbocycles. The van der Waals surface area contributed by atoms with E-state index in [1.165, 1.54) is 38.5 Å². The SMILES string of the molecule is CC1(CC#N)CCCCCC1. The lowest BCUT2D eigenvalue weighted by Gasteiger charge is -2.24. The fourth-order valence-electron chi connectivity index (χ4n) is 1.95.